The lowest BCUT2D eigenvalue weighted by molar-refractivity contribution is -0.153. The van der Waals surface area contributed by atoms with Crippen molar-refractivity contribution in [1.82, 2.24) is 4.90 Å². The quantitative estimate of drug-likeness (QED) is 0.594. The van der Waals surface area contributed by atoms with E-state index < -0.39 is 0 Å². The van der Waals surface area contributed by atoms with Crippen LogP contribution in [0.5, 0.6) is 0 Å². The minimum Gasteiger partial charge on any atom is -0.462 e. The molecule has 0 radical (unpaired) electrons. The number of hydrogen-bond acceptors (Lipinski definition) is 4. The molecule has 0 aromatic carbocycles. The smallest absolute Gasteiger partial charge is 0.409 e. The Morgan fingerprint density at radius 2 is 1.77 bits per heavy atom. The van der Waals surface area contributed by atoms with Crippen LogP contribution in [-0.2, 0) is 14.3 Å². The Bertz CT molecular complexity index is 471. The number of ether oxygens (including phenoxy) is 2. The molecule has 5 nitrogen and oxygen atoms in total. The number of allylic oxidation sites excluding steroid dienone is 2. The molecule has 2 aliphatic rings. The number of rotatable bonds is 3. The van der Waals surface area contributed by atoms with Crippen molar-refractivity contribution in [3.8, 4) is 0 Å². The summed E-state index contributed by atoms with van der Waals surface area (Å²) >= 11 is 0. The van der Waals surface area contributed by atoms with Crippen LogP contribution in [0.15, 0.2) is 11.6 Å². The van der Waals surface area contributed by atoms with Gasteiger partial charge in [0.15, 0.2) is 0 Å². The lowest BCUT2D eigenvalue weighted by Gasteiger charge is -2.30. The first kappa shape index (κ1) is 16.8. The average Bonchev–Trinajstić information content (AvgIpc) is 2.99. The van der Waals surface area contributed by atoms with Gasteiger partial charge in [0.2, 0.25) is 0 Å². The molecule has 1 aliphatic carbocycles. The molecule has 0 bridgehead atoms. The third-order valence-electron chi connectivity index (χ3n) is 4.84. The molecule has 0 N–H and O–H groups in total. The normalized spacial score (nSPS) is 27.0. The van der Waals surface area contributed by atoms with Crippen LogP contribution in [0.4, 0.5) is 4.79 Å². The van der Waals surface area contributed by atoms with Gasteiger partial charge in [0.05, 0.1) is 13.0 Å². The zero-order valence-electron chi connectivity index (χ0n) is 14.2. The Morgan fingerprint density at radius 1 is 1.18 bits per heavy atom. The van der Waals surface area contributed by atoms with Gasteiger partial charge in [-0.05, 0) is 25.2 Å². The van der Waals surface area contributed by atoms with Crippen LogP contribution in [-0.4, -0.2) is 43.3 Å². The predicted octanol–water partition coefficient (Wildman–Crippen LogP) is 3.00. The fourth-order valence-corrected chi connectivity index (χ4v) is 3.32. The highest BCUT2D eigenvalue weighted by Gasteiger charge is 2.61. The van der Waals surface area contributed by atoms with Gasteiger partial charge in [-0.15, -0.1) is 0 Å². The van der Waals surface area contributed by atoms with Crippen molar-refractivity contribution >= 4 is 12.1 Å². The van der Waals surface area contributed by atoms with Crippen LogP contribution in [0, 0.1) is 17.3 Å². The van der Waals surface area contributed by atoms with Crippen molar-refractivity contribution in [3.63, 3.8) is 0 Å². The molecule has 2 rings (SSSR count). The number of esters is 1. The van der Waals surface area contributed by atoms with Crippen LogP contribution < -0.4 is 0 Å². The van der Waals surface area contributed by atoms with Crippen molar-refractivity contribution < 1.29 is 19.1 Å². The van der Waals surface area contributed by atoms with Gasteiger partial charge in [0.25, 0.3) is 0 Å². The summed E-state index contributed by atoms with van der Waals surface area (Å²) in [7, 11) is 1.38. The van der Waals surface area contributed by atoms with E-state index in [-0.39, 0.29) is 35.4 Å². The number of methoxy groups -OCH3 is 1. The molecule has 1 aliphatic heterocycles. The fraction of sp³-hybridized carbons (Fsp3) is 0.765. The molecule has 22 heavy (non-hydrogen) atoms. The zero-order valence-corrected chi connectivity index (χ0v) is 14.2. The number of carbonyl (C=O) groups excluding carboxylic acids is 2. The summed E-state index contributed by atoms with van der Waals surface area (Å²) in [5.41, 5.74) is 1.22. The van der Waals surface area contributed by atoms with E-state index in [1.165, 1.54) is 12.7 Å². The number of piperidine rings is 1. The molecular weight excluding hydrogens is 282 g/mol. The van der Waals surface area contributed by atoms with Crippen LogP contribution in [0.3, 0.4) is 0 Å². The number of amides is 1. The van der Waals surface area contributed by atoms with E-state index in [1.54, 1.807) is 4.90 Å². The SMILES string of the molecule is COC(=O)N1CCC(OC(=O)C2C(C=C(C)C)C2(C)C)CC1. The molecule has 5 heteroatoms. The molecule has 2 atom stereocenters. The van der Waals surface area contributed by atoms with Gasteiger partial charge in [0, 0.05) is 25.9 Å². The maximum atomic E-state index is 12.4. The van der Waals surface area contributed by atoms with E-state index in [1.807, 2.05) is 0 Å². The number of carbonyl (C=O) groups is 2. The highest BCUT2D eigenvalue weighted by atomic mass is 16.6. The van der Waals surface area contributed by atoms with E-state index in [9.17, 15) is 9.59 Å². The van der Waals surface area contributed by atoms with Crippen molar-refractivity contribution in [2.45, 2.75) is 46.6 Å². The van der Waals surface area contributed by atoms with E-state index in [4.69, 9.17) is 9.47 Å². The lowest BCUT2D eigenvalue weighted by atomic mass is 10.1. The monoisotopic (exact) mass is 309 g/mol. The Labute approximate surface area is 132 Å². The highest BCUT2D eigenvalue weighted by molar-refractivity contribution is 5.78. The van der Waals surface area contributed by atoms with E-state index in [0.29, 0.717) is 25.9 Å². The van der Waals surface area contributed by atoms with Crippen LogP contribution >= 0.6 is 0 Å². The molecule has 1 saturated carbocycles. The standard InChI is InChI=1S/C17H27NO4/c1-11(2)10-13-14(17(13,3)4)15(19)22-12-6-8-18(9-7-12)16(20)21-5/h10,12-14H,6-9H2,1-5H3. The van der Waals surface area contributed by atoms with Gasteiger partial charge in [0.1, 0.15) is 6.10 Å². The van der Waals surface area contributed by atoms with Gasteiger partial charge in [-0.1, -0.05) is 25.5 Å². The first-order chi connectivity index (χ1) is 10.3. The first-order valence-corrected chi connectivity index (χ1v) is 7.95. The van der Waals surface area contributed by atoms with Gasteiger partial charge in [-0.2, -0.15) is 0 Å². The number of nitrogens with zero attached hydrogens (tertiary/aromatic N) is 1. The predicted molar refractivity (Wildman–Crippen MR) is 83.3 cm³/mol. The highest BCUT2D eigenvalue weighted by Crippen LogP contribution is 2.60. The average molecular weight is 309 g/mol. The summed E-state index contributed by atoms with van der Waals surface area (Å²) in [6, 6.07) is 0. The van der Waals surface area contributed by atoms with Crippen LogP contribution in [0.1, 0.15) is 40.5 Å². The second kappa shape index (κ2) is 6.31. The minimum atomic E-state index is -0.309. The zero-order chi connectivity index (χ0) is 16.5. The van der Waals surface area contributed by atoms with Crippen LogP contribution in [0.2, 0.25) is 0 Å². The largest absolute Gasteiger partial charge is 0.462 e. The molecule has 1 amide bonds. The molecule has 2 fully saturated rings. The van der Waals surface area contributed by atoms with Gasteiger partial charge < -0.3 is 14.4 Å². The molecule has 0 spiro atoms. The third kappa shape index (κ3) is 3.45. The first-order valence-electron chi connectivity index (χ1n) is 7.95. The summed E-state index contributed by atoms with van der Waals surface area (Å²) in [6.07, 6.45) is 3.14. The Hall–Kier alpha value is -1.52. The second-order valence-corrected chi connectivity index (χ2v) is 7.16. The van der Waals surface area contributed by atoms with Gasteiger partial charge in [-0.3, -0.25) is 4.79 Å². The van der Waals surface area contributed by atoms with Gasteiger partial charge >= 0.3 is 12.1 Å². The Balaban J connectivity index is 1.84. The summed E-state index contributed by atoms with van der Waals surface area (Å²) in [5.74, 6) is 0.144. The molecule has 0 aromatic heterocycles. The maximum Gasteiger partial charge on any atom is 0.409 e. The maximum absolute atomic E-state index is 12.4. The molecular formula is C17H27NO4. The molecule has 1 heterocycles. The summed E-state index contributed by atoms with van der Waals surface area (Å²) in [6.45, 7) is 9.50. The molecule has 1 saturated heterocycles. The van der Waals surface area contributed by atoms with Crippen LogP contribution in [0.25, 0.3) is 0 Å². The minimum absolute atomic E-state index is 0.0128. The molecule has 0 aromatic rings. The third-order valence-corrected chi connectivity index (χ3v) is 4.84. The lowest BCUT2D eigenvalue weighted by Crippen LogP contribution is -2.41. The van der Waals surface area contributed by atoms with Crippen molar-refractivity contribution in [3.05, 3.63) is 11.6 Å². The summed E-state index contributed by atoms with van der Waals surface area (Å²) < 4.78 is 10.4. The van der Waals surface area contributed by atoms with E-state index >= 15 is 0 Å². The fourth-order valence-electron chi connectivity index (χ4n) is 3.32. The number of likely N-dealkylation sites (tertiary alicyclic amines) is 1. The van der Waals surface area contributed by atoms with Crippen molar-refractivity contribution in [2.75, 3.05) is 20.2 Å². The topological polar surface area (TPSA) is 55.8 Å². The van der Waals surface area contributed by atoms with E-state index in [2.05, 4.69) is 33.8 Å². The van der Waals surface area contributed by atoms with Crippen molar-refractivity contribution in [1.29, 1.82) is 0 Å². The number of hydrogen-bond donors (Lipinski definition) is 0. The van der Waals surface area contributed by atoms with E-state index in [0.717, 1.165) is 0 Å². The molecule has 2 unspecified atom stereocenters. The van der Waals surface area contributed by atoms with Crippen molar-refractivity contribution in [2.24, 2.45) is 17.3 Å². The Kier molecular flexibility index (Phi) is 4.83. The molecule has 124 valence electrons. The van der Waals surface area contributed by atoms with Gasteiger partial charge in [-0.25, -0.2) is 4.79 Å². The summed E-state index contributed by atoms with van der Waals surface area (Å²) in [5, 5.41) is 0. The Morgan fingerprint density at radius 3 is 2.27 bits per heavy atom. The second-order valence-electron chi connectivity index (χ2n) is 7.16. The summed E-state index contributed by atoms with van der Waals surface area (Å²) in [4.78, 5) is 25.5.